The number of aromatic amines is 1. The van der Waals surface area contributed by atoms with Gasteiger partial charge >= 0.3 is 0 Å². The first-order valence-corrected chi connectivity index (χ1v) is 6.70. The predicted octanol–water partition coefficient (Wildman–Crippen LogP) is 1.41. The molecule has 0 saturated carbocycles. The van der Waals surface area contributed by atoms with Gasteiger partial charge in [-0.25, -0.2) is 9.97 Å². The van der Waals surface area contributed by atoms with Gasteiger partial charge in [0.25, 0.3) is 5.56 Å². The summed E-state index contributed by atoms with van der Waals surface area (Å²) < 4.78 is 0. The Labute approximate surface area is 113 Å². The number of thiazole rings is 1. The topological polar surface area (TPSA) is 87.7 Å². The average Bonchev–Trinajstić information content (AvgIpc) is 2.80. The highest BCUT2D eigenvalue weighted by molar-refractivity contribution is 7.13. The minimum atomic E-state index is -0.174. The lowest BCUT2D eigenvalue weighted by atomic mass is 10.1. The second kappa shape index (κ2) is 5.75. The molecule has 19 heavy (non-hydrogen) atoms. The SMILES string of the molecule is Cc1nc(C)c(CCC(=O)Nc2nccs2)c(=O)[nH]1. The van der Waals surface area contributed by atoms with Crippen LogP contribution in [0.15, 0.2) is 16.4 Å². The van der Waals surface area contributed by atoms with Gasteiger partial charge in [-0.3, -0.25) is 9.59 Å². The molecule has 1 amide bonds. The lowest BCUT2D eigenvalue weighted by Gasteiger charge is -2.05. The summed E-state index contributed by atoms with van der Waals surface area (Å²) in [6, 6.07) is 0. The molecule has 0 aliphatic heterocycles. The van der Waals surface area contributed by atoms with Gasteiger partial charge in [-0.2, -0.15) is 0 Å². The summed E-state index contributed by atoms with van der Waals surface area (Å²) in [6.45, 7) is 3.50. The van der Waals surface area contributed by atoms with E-state index >= 15 is 0 Å². The van der Waals surface area contributed by atoms with Gasteiger partial charge in [-0.15, -0.1) is 11.3 Å². The van der Waals surface area contributed by atoms with E-state index in [0.717, 1.165) is 0 Å². The molecule has 2 N–H and O–H groups in total. The van der Waals surface area contributed by atoms with Crippen molar-refractivity contribution < 1.29 is 4.79 Å². The van der Waals surface area contributed by atoms with Gasteiger partial charge in [0, 0.05) is 29.3 Å². The number of hydrogen-bond donors (Lipinski definition) is 2. The fourth-order valence-corrected chi connectivity index (χ4v) is 2.30. The van der Waals surface area contributed by atoms with E-state index in [1.54, 1.807) is 25.4 Å². The molecule has 0 unspecified atom stereocenters. The van der Waals surface area contributed by atoms with Crippen molar-refractivity contribution in [2.24, 2.45) is 0 Å². The zero-order chi connectivity index (χ0) is 13.8. The van der Waals surface area contributed by atoms with Crippen molar-refractivity contribution in [1.82, 2.24) is 15.0 Å². The van der Waals surface area contributed by atoms with Crippen LogP contribution in [0, 0.1) is 13.8 Å². The summed E-state index contributed by atoms with van der Waals surface area (Å²) >= 11 is 1.36. The maximum absolute atomic E-state index is 11.8. The highest BCUT2D eigenvalue weighted by Gasteiger charge is 2.10. The Hall–Kier alpha value is -2.02. The highest BCUT2D eigenvalue weighted by atomic mass is 32.1. The lowest BCUT2D eigenvalue weighted by Crippen LogP contribution is -2.20. The second-order valence-electron chi connectivity index (χ2n) is 4.10. The Morgan fingerprint density at radius 1 is 1.47 bits per heavy atom. The standard InChI is InChI=1S/C12H14N4O2S/c1-7-9(11(18)15-8(2)14-7)3-4-10(17)16-12-13-5-6-19-12/h5-6H,3-4H2,1-2H3,(H,13,16,17)(H,14,15,18). The van der Waals surface area contributed by atoms with Crippen LogP contribution < -0.4 is 10.9 Å². The molecule has 0 spiro atoms. The third kappa shape index (κ3) is 3.47. The van der Waals surface area contributed by atoms with Gasteiger partial charge in [0.05, 0.1) is 0 Å². The van der Waals surface area contributed by atoms with Gasteiger partial charge in [0.15, 0.2) is 5.13 Å². The van der Waals surface area contributed by atoms with Crippen molar-refractivity contribution >= 4 is 22.4 Å². The average molecular weight is 278 g/mol. The van der Waals surface area contributed by atoms with Crippen molar-refractivity contribution in [2.45, 2.75) is 26.7 Å². The number of anilines is 1. The molecule has 0 saturated heterocycles. The molecule has 0 bridgehead atoms. The molecule has 0 aliphatic rings. The van der Waals surface area contributed by atoms with Gasteiger partial charge < -0.3 is 10.3 Å². The predicted molar refractivity (Wildman–Crippen MR) is 73.4 cm³/mol. The van der Waals surface area contributed by atoms with Gasteiger partial charge in [0.1, 0.15) is 5.82 Å². The number of carbonyl (C=O) groups excluding carboxylic acids is 1. The van der Waals surface area contributed by atoms with Gasteiger partial charge in [-0.05, 0) is 20.3 Å². The number of carbonyl (C=O) groups is 1. The molecule has 7 heteroatoms. The van der Waals surface area contributed by atoms with Gasteiger partial charge in [-0.1, -0.05) is 0 Å². The van der Waals surface area contributed by atoms with E-state index in [-0.39, 0.29) is 17.9 Å². The molecule has 0 radical (unpaired) electrons. The third-order valence-corrected chi connectivity index (χ3v) is 3.31. The van der Waals surface area contributed by atoms with Crippen LogP contribution in [0.5, 0.6) is 0 Å². The molecule has 6 nitrogen and oxygen atoms in total. The number of nitrogens with one attached hydrogen (secondary N) is 2. The van der Waals surface area contributed by atoms with E-state index < -0.39 is 0 Å². The molecular formula is C12H14N4O2S. The molecule has 0 aliphatic carbocycles. The number of hydrogen-bond acceptors (Lipinski definition) is 5. The summed E-state index contributed by atoms with van der Waals surface area (Å²) in [4.78, 5) is 34.2. The number of nitrogens with zero attached hydrogens (tertiary/aromatic N) is 2. The molecule has 2 heterocycles. The Morgan fingerprint density at radius 3 is 2.89 bits per heavy atom. The van der Waals surface area contributed by atoms with Crippen LogP contribution >= 0.6 is 11.3 Å². The van der Waals surface area contributed by atoms with Gasteiger partial charge in [0.2, 0.25) is 5.91 Å². The van der Waals surface area contributed by atoms with Crippen molar-refractivity contribution in [1.29, 1.82) is 0 Å². The van der Waals surface area contributed by atoms with Crippen LogP contribution in [-0.4, -0.2) is 20.9 Å². The third-order valence-electron chi connectivity index (χ3n) is 2.62. The molecule has 0 aromatic carbocycles. The van der Waals surface area contributed by atoms with Crippen LogP contribution in [-0.2, 0) is 11.2 Å². The van der Waals surface area contributed by atoms with E-state index in [2.05, 4.69) is 20.3 Å². The van der Waals surface area contributed by atoms with E-state index in [1.165, 1.54) is 11.3 Å². The fourth-order valence-electron chi connectivity index (χ4n) is 1.75. The first kappa shape index (κ1) is 13.4. The molecule has 0 fully saturated rings. The van der Waals surface area contributed by atoms with E-state index in [1.807, 2.05) is 0 Å². The molecule has 100 valence electrons. The van der Waals surface area contributed by atoms with Crippen molar-refractivity contribution in [3.63, 3.8) is 0 Å². The minimum absolute atomic E-state index is 0.158. The van der Waals surface area contributed by atoms with Crippen LogP contribution in [0.2, 0.25) is 0 Å². The van der Waals surface area contributed by atoms with Crippen molar-refractivity contribution in [3.05, 3.63) is 39.0 Å². The fraction of sp³-hybridized carbons (Fsp3) is 0.333. The lowest BCUT2D eigenvalue weighted by molar-refractivity contribution is -0.116. The van der Waals surface area contributed by atoms with Crippen molar-refractivity contribution in [2.75, 3.05) is 5.32 Å². The van der Waals surface area contributed by atoms with Crippen LogP contribution in [0.3, 0.4) is 0 Å². The summed E-state index contributed by atoms with van der Waals surface area (Å²) in [5.41, 5.74) is 1.05. The second-order valence-corrected chi connectivity index (χ2v) is 5.00. The van der Waals surface area contributed by atoms with Crippen LogP contribution in [0.4, 0.5) is 5.13 Å². The Bertz CT molecular complexity index is 634. The smallest absolute Gasteiger partial charge is 0.254 e. The van der Waals surface area contributed by atoms with Crippen LogP contribution in [0.1, 0.15) is 23.5 Å². The zero-order valence-electron chi connectivity index (χ0n) is 10.7. The molecule has 2 rings (SSSR count). The molecule has 2 aromatic rings. The quantitative estimate of drug-likeness (QED) is 0.885. The van der Waals surface area contributed by atoms with E-state index in [4.69, 9.17) is 0 Å². The molecule has 0 atom stereocenters. The number of aryl methyl sites for hydroxylation is 2. The number of amides is 1. The highest BCUT2D eigenvalue weighted by Crippen LogP contribution is 2.11. The largest absolute Gasteiger partial charge is 0.311 e. The molecule has 2 aromatic heterocycles. The summed E-state index contributed by atoms with van der Waals surface area (Å²) in [5.74, 6) is 0.424. The van der Waals surface area contributed by atoms with Crippen molar-refractivity contribution in [3.8, 4) is 0 Å². The number of H-pyrrole nitrogens is 1. The van der Waals surface area contributed by atoms with Crippen LogP contribution in [0.25, 0.3) is 0 Å². The summed E-state index contributed by atoms with van der Waals surface area (Å²) in [6.07, 6.45) is 2.22. The van der Waals surface area contributed by atoms with E-state index in [0.29, 0.717) is 28.6 Å². The monoisotopic (exact) mass is 278 g/mol. The Morgan fingerprint density at radius 2 is 2.26 bits per heavy atom. The maximum atomic E-state index is 11.8. The Kier molecular flexibility index (Phi) is 4.06. The van der Waals surface area contributed by atoms with E-state index in [9.17, 15) is 9.59 Å². The Balaban J connectivity index is 1.99. The summed E-state index contributed by atoms with van der Waals surface area (Å²) in [7, 11) is 0. The minimum Gasteiger partial charge on any atom is -0.311 e. The molecular weight excluding hydrogens is 264 g/mol. The number of rotatable bonds is 4. The number of aromatic nitrogens is 3. The first-order valence-electron chi connectivity index (χ1n) is 5.82. The first-order chi connectivity index (χ1) is 9.06. The maximum Gasteiger partial charge on any atom is 0.254 e. The summed E-state index contributed by atoms with van der Waals surface area (Å²) in [5, 5.41) is 5.03. The zero-order valence-corrected chi connectivity index (χ0v) is 11.5. The normalized spacial score (nSPS) is 10.4.